The van der Waals surface area contributed by atoms with Crippen LogP contribution in [0, 0.1) is 20.8 Å². The highest BCUT2D eigenvalue weighted by Gasteiger charge is 2.21. The van der Waals surface area contributed by atoms with Crippen molar-refractivity contribution in [2.24, 2.45) is 5.73 Å². The van der Waals surface area contributed by atoms with Crippen molar-refractivity contribution >= 4 is 5.91 Å². The molecule has 2 heteroatoms. The van der Waals surface area contributed by atoms with Crippen molar-refractivity contribution in [3.8, 4) is 22.3 Å². The first-order valence-electron chi connectivity index (χ1n) is 8.06. The van der Waals surface area contributed by atoms with Gasteiger partial charge in [-0.05, 0) is 59.7 Å². The van der Waals surface area contributed by atoms with Crippen LogP contribution < -0.4 is 5.73 Å². The maximum absolute atomic E-state index is 12.1. The molecule has 0 saturated carbocycles. The van der Waals surface area contributed by atoms with Crippen LogP contribution in [0.1, 0.15) is 27.0 Å². The SMILES string of the molecule is Cc1c(C(N)=O)c(C)c(-c2ccccc2)c(C)c1-c1ccccc1. The van der Waals surface area contributed by atoms with E-state index in [0.717, 1.165) is 33.4 Å². The van der Waals surface area contributed by atoms with Crippen LogP contribution in [0.3, 0.4) is 0 Å². The van der Waals surface area contributed by atoms with Crippen LogP contribution in [0.25, 0.3) is 22.3 Å². The van der Waals surface area contributed by atoms with Crippen LogP contribution in [-0.4, -0.2) is 5.91 Å². The molecular weight excluding hydrogens is 294 g/mol. The lowest BCUT2D eigenvalue weighted by atomic mass is 9.82. The van der Waals surface area contributed by atoms with Crippen molar-refractivity contribution in [3.63, 3.8) is 0 Å². The van der Waals surface area contributed by atoms with Gasteiger partial charge in [0.05, 0.1) is 0 Å². The van der Waals surface area contributed by atoms with Crippen LogP contribution in [0.4, 0.5) is 0 Å². The van der Waals surface area contributed by atoms with Crippen molar-refractivity contribution in [1.82, 2.24) is 0 Å². The average molecular weight is 315 g/mol. The molecule has 0 unspecified atom stereocenters. The Labute approximate surface area is 143 Å². The summed E-state index contributed by atoms with van der Waals surface area (Å²) in [4.78, 5) is 12.1. The zero-order valence-electron chi connectivity index (χ0n) is 14.3. The molecule has 1 amide bonds. The maximum atomic E-state index is 12.1. The average Bonchev–Trinajstić information content (AvgIpc) is 2.56. The molecule has 3 aromatic carbocycles. The van der Waals surface area contributed by atoms with Crippen LogP contribution in [0.5, 0.6) is 0 Å². The van der Waals surface area contributed by atoms with Gasteiger partial charge in [-0.15, -0.1) is 0 Å². The fraction of sp³-hybridized carbons (Fsp3) is 0.136. The summed E-state index contributed by atoms with van der Waals surface area (Å²) in [5.74, 6) is -0.376. The molecule has 24 heavy (non-hydrogen) atoms. The topological polar surface area (TPSA) is 43.1 Å². The van der Waals surface area contributed by atoms with Gasteiger partial charge in [0.15, 0.2) is 0 Å². The van der Waals surface area contributed by atoms with Gasteiger partial charge in [-0.1, -0.05) is 60.7 Å². The third-order valence-corrected chi connectivity index (χ3v) is 4.62. The zero-order chi connectivity index (χ0) is 17.3. The van der Waals surface area contributed by atoms with Gasteiger partial charge in [0.1, 0.15) is 0 Å². The van der Waals surface area contributed by atoms with Gasteiger partial charge < -0.3 is 5.73 Å². The first-order valence-corrected chi connectivity index (χ1v) is 8.06. The summed E-state index contributed by atoms with van der Waals surface area (Å²) >= 11 is 0. The predicted molar refractivity (Wildman–Crippen MR) is 100 cm³/mol. The summed E-state index contributed by atoms with van der Waals surface area (Å²) < 4.78 is 0. The lowest BCUT2D eigenvalue weighted by molar-refractivity contribution is 0.0999. The van der Waals surface area contributed by atoms with E-state index in [4.69, 9.17) is 5.73 Å². The summed E-state index contributed by atoms with van der Waals surface area (Å²) in [7, 11) is 0. The normalized spacial score (nSPS) is 10.6. The van der Waals surface area contributed by atoms with Gasteiger partial charge >= 0.3 is 0 Å². The molecule has 0 heterocycles. The first-order chi connectivity index (χ1) is 11.5. The summed E-state index contributed by atoms with van der Waals surface area (Å²) in [5, 5.41) is 0. The monoisotopic (exact) mass is 315 g/mol. The van der Waals surface area contributed by atoms with E-state index >= 15 is 0 Å². The minimum Gasteiger partial charge on any atom is -0.366 e. The van der Waals surface area contributed by atoms with E-state index < -0.39 is 0 Å². The Bertz CT molecular complexity index is 830. The second-order valence-corrected chi connectivity index (χ2v) is 6.10. The molecule has 0 saturated heterocycles. The van der Waals surface area contributed by atoms with Crippen molar-refractivity contribution in [1.29, 1.82) is 0 Å². The third kappa shape index (κ3) is 2.61. The van der Waals surface area contributed by atoms with E-state index in [0.29, 0.717) is 5.56 Å². The summed E-state index contributed by atoms with van der Waals surface area (Å²) in [5.41, 5.74) is 13.8. The van der Waals surface area contributed by atoms with E-state index in [-0.39, 0.29) is 5.91 Å². The molecule has 2 N–H and O–H groups in total. The Morgan fingerprint density at radius 1 is 0.667 bits per heavy atom. The van der Waals surface area contributed by atoms with Gasteiger partial charge in [-0.2, -0.15) is 0 Å². The number of carbonyl (C=O) groups excluding carboxylic acids is 1. The molecule has 0 aliphatic rings. The molecule has 0 atom stereocenters. The fourth-order valence-corrected chi connectivity index (χ4v) is 3.66. The molecule has 120 valence electrons. The number of benzene rings is 3. The smallest absolute Gasteiger partial charge is 0.249 e. The number of primary amides is 1. The number of hydrogen-bond donors (Lipinski definition) is 1. The molecule has 0 aliphatic heterocycles. The Morgan fingerprint density at radius 2 is 1.04 bits per heavy atom. The van der Waals surface area contributed by atoms with Crippen molar-refractivity contribution in [2.45, 2.75) is 20.8 Å². The molecule has 0 radical (unpaired) electrons. The van der Waals surface area contributed by atoms with Gasteiger partial charge in [0.25, 0.3) is 0 Å². The van der Waals surface area contributed by atoms with Gasteiger partial charge in [-0.25, -0.2) is 0 Å². The minimum absolute atomic E-state index is 0.376. The third-order valence-electron chi connectivity index (χ3n) is 4.62. The molecule has 0 spiro atoms. The number of nitrogens with two attached hydrogens (primary N) is 1. The van der Waals surface area contributed by atoms with Crippen LogP contribution in [0.15, 0.2) is 60.7 Å². The Kier molecular flexibility index (Phi) is 4.22. The van der Waals surface area contributed by atoms with Gasteiger partial charge in [-0.3, -0.25) is 4.79 Å². The number of rotatable bonds is 3. The van der Waals surface area contributed by atoms with Crippen molar-refractivity contribution in [2.75, 3.05) is 0 Å². The molecule has 0 aliphatic carbocycles. The highest BCUT2D eigenvalue weighted by atomic mass is 16.1. The summed E-state index contributed by atoms with van der Waals surface area (Å²) in [6.45, 7) is 6.09. The maximum Gasteiger partial charge on any atom is 0.249 e. The zero-order valence-corrected chi connectivity index (χ0v) is 14.3. The lowest BCUT2D eigenvalue weighted by Crippen LogP contribution is -2.16. The quantitative estimate of drug-likeness (QED) is 0.722. The van der Waals surface area contributed by atoms with E-state index in [1.807, 2.05) is 50.2 Å². The Morgan fingerprint density at radius 3 is 1.38 bits per heavy atom. The highest BCUT2D eigenvalue weighted by molar-refractivity contribution is 6.01. The van der Waals surface area contributed by atoms with E-state index in [2.05, 4.69) is 31.2 Å². The fourth-order valence-electron chi connectivity index (χ4n) is 3.66. The van der Waals surface area contributed by atoms with E-state index in [1.54, 1.807) is 0 Å². The second-order valence-electron chi connectivity index (χ2n) is 6.10. The van der Waals surface area contributed by atoms with Crippen LogP contribution in [-0.2, 0) is 0 Å². The van der Waals surface area contributed by atoms with E-state index in [9.17, 15) is 4.79 Å². The molecule has 3 rings (SSSR count). The van der Waals surface area contributed by atoms with Crippen molar-refractivity contribution in [3.05, 3.63) is 82.9 Å². The largest absolute Gasteiger partial charge is 0.366 e. The molecular formula is C22H21NO. The van der Waals surface area contributed by atoms with Crippen molar-refractivity contribution < 1.29 is 4.79 Å². The lowest BCUT2D eigenvalue weighted by Gasteiger charge is -2.21. The van der Waals surface area contributed by atoms with Crippen LogP contribution in [0.2, 0.25) is 0 Å². The molecule has 0 aromatic heterocycles. The standard InChI is InChI=1S/C22H21NO/c1-14-19(17-10-6-4-7-11-17)15(2)21(22(23)24)16(3)20(14)18-12-8-5-9-13-18/h4-13H,1-3H3,(H2,23,24). The molecule has 3 aromatic rings. The highest BCUT2D eigenvalue weighted by Crippen LogP contribution is 2.39. The Hall–Kier alpha value is -2.87. The second kappa shape index (κ2) is 6.32. The number of carbonyl (C=O) groups is 1. The molecule has 0 bridgehead atoms. The first kappa shape index (κ1) is 16.0. The van der Waals surface area contributed by atoms with Gasteiger partial charge in [0.2, 0.25) is 5.91 Å². The predicted octanol–water partition coefficient (Wildman–Crippen LogP) is 5.04. The van der Waals surface area contributed by atoms with E-state index in [1.165, 1.54) is 5.56 Å². The molecule has 0 fully saturated rings. The number of amides is 1. The van der Waals surface area contributed by atoms with Crippen LogP contribution >= 0.6 is 0 Å². The molecule has 2 nitrogen and oxygen atoms in total. The number of hydrogen-bond acceptors (Lipinski definition) is 1. The minimum atomic E-state index is -0.376. The summed E-state index contributed by atoms with van der Waals surface area (Å²) in [6.07, 6.45) is 0. The van der Waals surface area contributed by atoms with Gasteiger partial charge in [0, 0.05) is 5.56 Å². The Balaban J connectivity index is 2.43. The summed E-state index contributed by atoms with van der Waals surface area (Å²) in [6, 6.07) is 20.3.